The molecule has 0 saturated heterocycles. The van der Waals surface area contributed by atoms with Gasteiger partial charge in [-0.25, -0.2) is 0 Å². The molecule has 1 amide bonds. The summed E-state index contributed by atoms with van der Waals surface area (Å²) in [5, 5.41) is 21.0. The standard InChI is InChI=1S/C12H21NO4/c1-4-5-7(14)6-13-10(15)8-9(11(16)17)12(8,2)3/h7-9,14H,4-6H2,1-3H3,(H,13,15)(H,16,17). The SMILES string of the molecule is CCCC(O)CNC(=O)C1C(C(=O)O)C1(C)C. The fourth-order valence-electron chi connectivity index (χ4n) is 2.35. The van der Waals surface area contributed by atoms with Crippen LogP contribution in [0, 0.1) is 17.3 Å². The van der Waals surface area contributed by atoms with E-state index in [1.54, 1.807) is 13.8 Å². The van der Waals surface area contributed by atoms with Crippen molar-refractivity contribution in [1.29, 1.82) is 0 Å². The molecule has 1 rings (SSSR count). The van der Waals surface area contributed by atoms with Crippen molar-refractivity contribution in [1.82, 2.24) is 5.32 Å². The summed E-state index contributed by atoms with van der Waals surface area (Å²) in [6.45, 7) is 5.71. The number of carbonyl (C=O) groups excluding carboxylic acids is 1. The van der Waals surface area contributed by atoms with Crippen LogP contribution in [0.25, 0.3) is 0 Å². The van der Waals surface area contributed by atoms with Gasteiger partial charge in [0.25, 0.3) is 0 Å². The van der Waals surface area contributed by atoms with Gasteiger partial charge in [0.1, 0.15) is 0 Å². The normalized spacial score (nSPS) is 27.3. The zero-order valence-corrected chi connectivity index (χ0v) is 10.6. The van der Waals surface area contributed by atoms with Crippen LogP contribution in [-0.2, 0) is 9.59 Å². The third-order valence-corrected chi connectivity index (χ3v) is 3.51. The van der Waals surface area contributed by atoms with Crippen LogP contribution in [0.4, 0.5) is 0 Å². The van der Waals surface area contributed by atoms with E-state index in [4.69, 9.17) is 5.11 Å². The molecule has 1 aliphatic rings. The van der Waals surface area contributed by atoms with Gasteiger partial charge >= 0.3 is 5.97 Å². The van der Waals surface area contributed by atoms with Crippen LogP contribution in [-0.4, -0.2) is 34.7 Å². The highest BCUT2D eigenvalue weighted by atomic mass is 16.4. The van der Waals surface area contributed by atoms with Crippen molar-refractivity contribution in [2.24, 2.45) is 17.3 Å². The van der Waals surface area contributed by atoms with E-state index < -0.39 is 29.3 Å². The van der Waals surface area contributed by atoms with Gasteiger partial charge in [0, 0.05) is 6.54 Å². The second kappa shape index (κ2) is 5.04. The van der Waals surface area contributed by atoms with Crippen molar-refractivity contribution < 1.29 is 19.8 Å². The van der Waals surface area contributed by atoms with Crippen LogP contribution in [0.3, 0.4) is 0 Å². The summed E-state index contributed by atoms with van der Waals surface area (Å²) in [5.74, 6) is -2.28. The Kier molecular flexibility index (Phi) is 4.14. The minimum Gasteiger partial charge on any atom is -0.481 e. The second-order valence-corrected chi connectivity index (χ2v) is 5.30. The summed E-state index contributed by atoms with van der Waals surface area (Å²) in [6.07, 6.45) is 0.939. The molecular weight excluding hydrogens is 222 g/mol. The molecule has 1 aliphatic carbocycles. The predicted molar refractivity (Wildman–Crippen MR) is 62.3 cm³/mol. The van der Waals surface area contributed by atoms with Crippen molar-refractivity contribution in [3.63, 3.8) is 0 Å². The molecule has 0 heterocycles. The maximum atomic E-state index is 11.8. The van der Waals surface area contributed by atoms with Crippen molar-refractivity contribution in [3.8, 4) is 0 Å². The highest BCUT2D eigenvalue weighted by Gasteiger charge is 2.65. The van der Waals surface area contributed by atoms with Gasteiger partial charge in [-0.3, -0.25) is 9.59 Å². The van der Waals surface area contributed by atoms with Gasteiger partial charge in [-0.2, -0.15) is 0 Å². The van der Waals surface area contributed by atoms with E-state index in [9.17, 15) is 14.7 Å². The Morgan fingerprint density at radius 2 is 1.94 bits per heavy atom. The molecule has 0 aromatic carbocycles. The molecule has 17 heavy (non-hydrogen) atoms. The third kappa shape index (κ3) is 2.97. The average Bonchev–Trinajstić information content (AvgIpc) is 2.79. The largest absolute Gasteiger partial charge is 0.481 e. The highest BCUT2D eigenvalue weighted by Crippen LogP contribution is 2.58. The number of carboxylic acids is 1. The van der Waals surface area contributed by atoms with Crippen molar-refractivity contribution in [2.75, 3.05) is 6.54 Å². The lowest BCUT2D eigenvalue weighted by molar-refractivity contribution is -0.140. The van der Waals surface area contributed by atoms with Gasteiger partial charge in [-0.05, 0) is 11.8 Å². The van der Waals surface area contributed by atoms with Crippen molar-refractivity contribution in [3.05, 3.63) is 0 Å². The molecule has 3 unspecified atom stereocenters. The van der Waals surface area contributed by atoms with Crippen LogP contribution < -0.4 is 5.32 Å². The van der Waals surface area contributed by atoms with E-state index in [0.29, 0.717) is 6.42 Å². The first-order valence-corrected chi connectivity index (χ1v) is 6.01. The van der Waals surface area contributed by atoms with E-state index in [-0.39, 0.29) is 12.5 Å². The molecule has 0 spiro atoms. The van der Waals surface area contributed by atoms with E-state index in [2.05, 4.69) is 5.32 Å². The summed E-state index contributed by atoms with van der Waals surface area (Å²) in [4.78, 5) is 22.7. The molecule has 3 N–H and O–H groups in total. The van der Waals surface area contributed by atoms with Gasteiger partial charge in [-0.1, -0.05) is 27.2 Å². The minimum atomic E-state index is -0.927. The summed E-state index contributed by atoms with van der Waals surface area (Å²) in [7, 11) is 0. The maximum Gasteiger partial charge on any atom is 0.307 e. The number of hydrogen-bond acceptors (Lipinski definition) is 3. The van der Waals surface area contributed by atoms with E-state index >= 15 is 0 Å². The Bertz CT molecular complexity index is 314. The molecule has 1 saturated carbocycles. The van der Waals surface area contributed by atoms with Gasteiger partial charge in [0.2, 0.25) is 5.91 Å². The smallest absolute Gasteiger partial charge is 0.307 e. The zero-order valence-electron chi connectivity index (χ0n) is 10.6. The van der Waals surface area contributed by atoms with Gasteiger partial charge in [0.15, 0.2) is 0 Å². The lowest BCUT2D eigenvalue weighted by Crippen LogP contribution is -2.34. The Balaban J connectivity index is 2.43. The molecular formula is C12H21NO4. The van der Waals surface area contributed by atoms with Crippen LogP contribution in [0.2, 0.25) is 0 Å². The Labute approximate surface area is 101 Å². The third-order valence-electron chi connectivity index (χ3n) is 3.51. The summed E-state index contributed by atoms with van der Waals surface area (Å²) >= 11 is 0. The number of hydrogen-bond donors (Lipinski definition) is 3. The number of carboxylic acid groups (broad SMARTS) is 1. The Morgan fingerprint density at radius 1 is 1.35 bits per heavy atom. The molecule has 0 radical (unpaired) electrons. The maximum absolute atomic E-state index is 11.8. The van der Waals surface area contributed by atoms with Crippen LogP contribution in [0.15, 0.2) is 0 Å². The molecule has 0 aromatic heterocycles. The fraction of sp³-hybridized carbons (Fsp3) is 0.833. The number of aliphatic hydroxyl groups is 1. The van der Waals surface area contributed by atoms with E-state index in [1.165, 1.54) is 0 Å². The average molecular weight is 243 g/mol. The lowest BCUT2D eigenvalue weighted by atomic mass is 10.1. The predicted octanol–water partition coefficient (Wildman–Crippen LogP) is 0.620. The van der Waals surface area contributed by atoms with E-state index in [1.807, 2.05) is 6.92 Å². The first kappa shape index (κ1) is 14.0. The first-order chi connectivity index (χ1) is 7.82. The summed E-state index contributed by atoms with van der Waals surface area (Å²) in [6, 6.07) is 0. The van der Waals surface area contributed by atoms with Gasteiger partial charge < -0.3 is 15.5 Å². The molecule has 1 fully saturated rings. The second-order valence-electron chi connectivity index (χ2n) is 5.30. The van der Waals surface area contributed by atoms with E-state index in [0.717, 1.165) is 6.42 Å². The molecule has 3 atom stereocenters. The number of carbonyl (C=O) groups is 2. The van der Waals surface area contributed by atoms with Gasteiger partial charge in [-0.15, -0.1) is 0 Å². The quantitative estimate of drug-likeness (QED) is 0.638. The number of aliphatic hydroxyl groups excluding tert-OH is 1. The monoisotopic (exact) mass is 243 g/mol. The van der Waals surface area contributed by atoms with Crippen molar-refractivity contribution in [2.45, 2.75) is 39.7 Å². The molecule has 0 aliphatic heterocycles. The number of amides is 1. The van der Waals surface area contributed by atoms with Crippen LogP contribution in [0.5, 0.6) is 0 Å². The molecule has 5 nitrogen and oxygen atoms in total. The molecule has 0 aromatic rings. The van der Waals surface area contributed by atoms with Crippen LogP contribution >= 0.6 is 0 Å². The minimum absolute atomic E-state index is 0.200. The topological polar surface area (TPSA) is 86.6 Å². The number of rotatable bonds is 6. The highest BCUT2D eigenvalue weighted by molar-refractivity contribution is 5.91. The van der Waals surface area contributed by atoms with Crippen LogP contribution in [0.1, 0.15) is 33.6 Å². The Hall–Kier alpha value is -1.10. The molecule has 0 bridgehead atoms. The molecule has 98 valence electrons. The zero-order chi connectivity index (χ0) is 13.2. The van der Waals surface area contributed by atoms with Crippen molar-refractivity contribution >= 4 is 11.9 Å². The lowest BCUT2D eigenvalue weighted by Gasteiger charge is -2.11. The summed E-state index contributed by atoms with van der Waals surface area (Å²) < 4.78 is 0. The van der Waals surface area contributed by atoms with Gasteiger partial charge in [0.05, 0.1) is 17.9 Å². The summed E-state index contributed by atoms with van der Waals surface area (Å²) in [5.41, 5.74) is -0.481. The Morgan fingerprint density at radius 3 is 2.35 bits per heavy atom. The fourth-order valence-corrected chi connectivity index (χ4v) is 2.35. The number of aliphatic carboxylic acids is 1. The molecule has 5 heteroatoms. The first-order valence-electron chi connectivity index (χ1n) is 6.01. The number of nitrogens with one attached hydrogen (secondary N) is 1.